The third kappa shape index (κ3) is 4.66. The van der Waals surface area contributed by atoms with Crippen molar-refractivity contribution in [3.05, 3.63) is 77.9 Å². The summed E-state index contributed by atoms with van der Waals surface area (Å²) >= 11 is 0. The molecule has 0 N–H and O–H groups in total. The first kappa shape index (κ1) is 17.7. The van der Waals surface area contributed by atoms with E-state index in [0.29, 0.717) is 0 Å². The minimum atomic E-state index is -0.840. The second-order valence-electron chi connectivity index (χ2n) is 5.55. The minimum absolute atomic E-state index is 0.194. The number of allylic oxidation sites excluding steroid dienone is 1. The number of carbonyl (C=O) groups is 2. The van der Waals surface area contributed by atoms with Gasteiger partial charge in [-0.05, 0) is 25.0 Å². The molecule has 3 heteroatoms. The Hall–Kier alpha value is -2.68. The highest BCUT2D eigenvalue weighted by molar-refractivity contribution is 5.99. The smallest absolute Gasteiger partial charge is 0.317 e. The number of ketones is 1. The van der Waals surface area contributed by atoms with Crippen molar-refractivity contribution in [1.82, 2.24) is 0 Å². The molecule has 24 heavy (non-hydrogen) atoms. The summed E-state index contributed by atoms with van der Waals surface area (Å²) in [5.74, 6) is -1.87. The lowest BCUT2D eigenvalue weighted by Gasteiger charge is -2.21. The number of rotatable bonds is 7. The quantitative estimate of drug-likeness (QED) is 0.565. The molecule has 0 saturated carbocycles. The van der Waals surface area contributed by atoms with Crippen LogP contribution in [0.3, 0.4) is 0 Å². The molecule has 2 rings (SSSR count). The van der Waals surface area contributed by atoms with Gasteiger partial charge in [0.2, 0.25) is 0 Å². The fourth-order valence-electron chi connectivity index (χ4n) is 2.67. The van der Waals surface area contributed by atoms with Crippen LogP contribution in [-0.2, 0) is 14.3 Å². The molecular weight excluding hydrogens is 300 g/mol. The van der Waals surface area contributed by atoms with E-state index in [2.05, 4.69) is 0 Å². The van der Waals surface area contributed by atoms with Crippen LogP contribution in [0.15, 0.2) is 66.7 Å². The normalized spacial score (nSPS) is 13.4. The van der Waals surface area contributed by atoms with Gasteiger partial charge >= 0.3 is 5.97 Å². The van der Waals surface area contributed by atoms with Gasteiger partial charge in [-0.1, -0.05) is 72.8 Å². The van der Waals surface area contributed by atoms with Crippen molar-refractivity contribution in [3.63, 3.8) is 0 Å². The van der Waals surface area contributed by atoms with Gasteiger partial charge in [-0.3, -0.25) is 9.59 Å². The van der Waals surface area contributed by atoms with E-state index in [9.17, 15) is 9.59 Å². The molecule has 2 atom stereocenters. The molecular formula is C21H22O3. The molecule has 0 saturated heterocycles. The zero-order chi connectivity index (χ0) is 17.4. The lowest BCUT2D eigenvalue weighted by Crippen LogP contribution is -2.29. The fraction of sp³-hybridized carbons (Fsp3) is 0.238. The largest absolute Gasteiger partial charge is 0.465 e. The van der Waals surface area contributed by atoms with Crippen molar-refractivity contribution in [1.29, 1.82) is 0 Å². The van der Waals surface area contributed by atoms with E-state index in [-0.39, 0.29) is 18.3 Å². The van der Waals surface area contributed by atoms with Crippen molar-refractivity contribution in [2.45, 2.75) is 19.8 Å². The highest BCUT2D eigenvalue weighted by atomic mass is 16.5. The second-order valence-corrected chi connectivity index (χ2v) is 5.55. The van der Waals surface area contributed by atoms with Crippen LogP contribution in [-0.4, -0.2) is 18.4 Å². The van der Waals surface area contributed by atoms with Crippen LogP contribution < -0.4 is 0 Å². The number of hydrogen-bond donors (Lipinski definition) is 0. The topological polar surface area (TPSA) is 43.4 Å². The van der Waals surface area contributed by atoms with Gasteiger partial charge in [0.1, 0.15) is 11.7 Å². The van der Waals surface area contributed by atoms with Crippen molar-refractivity contribution in [2.24, 2.45) is 5.92 Å². The average molecular weight is 322 g/mol. The Morgan fingerprint density at radius 3 is 2.12 bits per heavy atom. The van der Waals surface area contributed by atoms with Crippen LogP contribution >= 0.6 is 0 Å². The van der Waals surface area contributed by atoms with Gasteiger partial charge in [0.05, 0.1) is 6.61 Å². The SMILES string of the molecule is CCOC(=O)C(C(C)=O)C(/C=C/c1ccccc1)c1ccccc1. The van der Waals surface area contributed by atoms with Crippen LogP contribution in [0.25, 0.3) is 6.08 Å². The molecule has 0 spiro atoms. The van der Waals surface area contributed by atoms with Crippen LogP contribution in [0.5, 0.6) is 0 Å². The maximum absolute atomic E-state index is 12.3. The maximum atomic E-state index is 12.3. The van der Waals surface area contributed by atoms with Crippen LogP contribution in [0.4, 0.5) is 0 Å². The van der Waals surface area contributed by atoms with Gasteiger partial charge in [0, 0.05) is 5.92 Å². The molecule has 0 bridgehead atoms. The molecule has 124 valence electrons. The second kappa shape index (κ2) is 8.82. The van der Waals surface area contributed by atoms with Gasteiger partial charge in [0.15, 0.2) is 0 Å². The Balaban J connectivity index is 2.40. The lowest BCUT2D eigenvalue weighted by molar-refractivity contribution is -0.151. The molecule has 0 amide bonds. The average Bonchev–Trinajstić information content (AvgIpc) is 2.60. The first-order valence-electron chi connectivity index (χ1n) is 8.08. The summed E-state index contributed by atoms with van der Waals surface area (Å²) in [6, 6.07) is 19.4. The first-order valence-corrected chi connectivity index (χ1v) is 8.08. The maximum Gasteiger partial charge on any atom is 0.317 e. The zero-order valence-corrected chi connectivity index (χ0v) is 14.0. The fourth-order valence-corrected chi connectivity index (χ4v) is 2.67. The Labute approximate surface area is 143 Å². The van der Waals surface area contributed by atoms with E-state index in [1.807, 2.05) is 72.8 Å². The number of benzene rings is 2. The standard InChI is InChI=1S/C21H22O3/c1-3-24-21(23)20(16(2)22)19(18-12-8-5-9-13-18)15-14-17-10-6-4-7-11-17/h4-15,19-20H,3H2,1-2H3/b15-14+. The van der Waals surface area contributed by atoms with Gasteiger partial charge in [-0.25, -0.2) is 0 Å². The van der Waals surface area contributed by atoms with Crippen molar-refractivity contribution < 1.29 is 14.3 Å². The summed E-state index contributed by atoms with van der Waals surface area (Å²) in [5.41, 5.74) is 1.93. The molecule has 2 aromatic rings. The Morgan fingerprint density at radius 1 is 1.00 bits per heavy atom. The summed E-state index contributed by atoms with van der Waals surface area (Å²) in [4.78, 5) is 24.5. The van der Waals surface area contributed by atoms with E-state index >= 15 is 0 Å². The Kier molecular flexibility index (Phi) is 6.50. The van der Waals surface area contributed by atoms with Crippen molar-refractivity contribution in [3.8, 4) is 0 Å². The number of Topliss-reactive ketones (excluding diaryl/α,β-unsaturated/α-hetero) is 1. The molecule has 3 nitrogen and oxygen atoms in total. The van der Waals surface area contributed by atoms with Crippen molar-refractivity contribution >= 4 is 17.8 Å². The van der Waals surface area contributed by atoms with E-state index in [1.165, 1.54) is 6.92 Å². The lowest BCUT2D eigenvalue weighted by atomic mass is 9.83. The number of esters is 1. The zero-order valence-electron chi connectivity index (χ0n) is 14.0. The van der Waals surface area contributed by atoms with Crippen molar-refractivity contribution in [2.75, 3.05) is 6.61 Å². The molecule has 0 aliphatic carbocycles. The third-order valence-electron chi connectivity index (χ3n) is 3.82. The molecule has 0 fully saturated rings. The van der Waals surface area contributed by atoms with E-state index in [0.717, 1.165) is 11.1 Å². The predicted octanol–water partition coefficient (Wildman–Crippen LogP) is 4.25. The van der Waals surface area contributed by atoms with Crippen LogP contribution in [0, 0.1) is 5.92 Å². The number of hydrogen-bond acceptors (Lipinski definition) is 3. The predicted molar refractivity (Wildman–Crippen MR) is 95.5 cm³/mol. The molecule has 0 heterocycles. The minimum Gasteiger partial charge on any atom is -0.465 e. The van der Waals surface area contributed by atoms with E-state index < -0.39 is 11.9 Å². The first-order chi connectivity index (χ1) is 11.6. The summed E-state index contributed by atoms with van der Waals surface area (Å²) in [5, 5.41) is 0. The van der Waals surface area contributed by atoms with Gasteiger partial charge in [-0.15, -0.1) is 0 Å². The molecule has 0 aliphatic rings. The molecule has 0 aliphatic heterocycles. The van der Waals surface area contributed by atoms with Crippen LogP contribution in [0.1, 0.15) is 30.9 Å². The summed E-state index contributed by atoms with van der Waals surface area (Å²) in [6.45, 7) is 3.44. The third-order valence-corrected chi connectivity index (χ3v) is 3.82. The molecule has 2 unspecified atom stereocenters. The molecule has 0 aromatic heterocycles. The Morgan fingerprint density at radius 2 is 1.58 bits per heavy atom. The highest BCUT2D eigenvalue weighted by Crippen LogP contribution is 2.29. The van der Waals surface area contributed by atoms with Gasteiger partial charge < -0.3 is 4.74 Å². The summed E-state index contributed by atoms with van der Waals surface area (Å²) in [6.07, 6.45) is 3.85. The molecule has 2 aromatic carbocycles. The van der Waals surface area contributed by atoms with Gasteiger partial charge in [0.25, 0.3) is 0 Å². The Bertz CT molecular complexity index is 690. The summed E-state index contributed by atoms with van der Waals surface area (Å²) in [7, 11) is 0. The van der Waals surface area contributed by atoms with Crippen LogP contribution in [0.2, 0.25) is 0 Å². The number of carbonyl (C=O) groups excluding carboxylic acids is 2. The number of ether oxygens (including phenoxy) is 1. The van der Waals surface area contributed by atoms with Gasteiger partial charge in [-0.2, -0.15) is 0 Å². The van der Waals surface area contributed by atoms with E-state index in [1.54, 1.807) is 6.92 Å². The highest BCUT2D eigenvalue weighted by Gasteiger charge is 2.33. The monoisotopic (exact) mass is 322 g/mol. The van der Waals surface area contributed by atoms with E-state index in [4.69, 9.17) is 4.74 Å². The molecule has 0 radical (unpaired) electrons. The summed E-state index contributed by atoms with van der Waals surface area (Å²) < 4.78 is 5.13.